The van der Waals surface area contributed by atoms with Crippen LogP contribution < -0.4 is 25.4 Å². The molecule has 3 N–H and O–H groups in total. The van der Waals surface area contributed by atoms with Gasteiger partial charge in [-0.15, -0.1) is 11.8 Å². The van der Waals surface area contributed by atoms with E-state index in [4.69, 9.17) is 21.1 Å². The summed E-state index contributed by atoms with van der Waals surface area (Å²) in [5.41, 5.74) is 1.37. The number of carbonyl (C=O) groups excluding carboxylic acids is 3. The molecule has 1 aromatic heterocycles. The summed E-state index contributed by atoms with van der Waals surface area (Å²) in [6.07, 6.45) is 2.98. The molecule has 0 bridgehead atoms. The number of halogens is 1. The van der Waals surface area contributed by atoms with Crippen molar-refractivity contribution in [3.8, 4) is 11.5 Å². The number of rotatable bonds is 11. The minimum Gasteiger partial charge on any atom is -0.493 e. The summed E-state index contributed by atoms with van der Waals surface area (Å²) in [6, 6.07) is 24.1. The van der Waals surface area contributed by atoms with Crippen molar-refractivity contribution in [3.05, 3.63) is 113 Å². The summed E-state index contributed by atoms with van der Waals surface area (Å²) in [4.78, 5) is 44.1. The number of hydrogen-bond donors (Lipinski definition) is 3. The summed E-state index contributed by atoms with van der Waals surface area (Å²) in [5, 5.41) is 8.32. The molecule has 1 unspecified atom stereocenters. The molecule has 0 saturated carbocycles. The Morgan fingerprint density at radius 2 is 1.67 bits per heavy atom. The van der Waals surface area contributed by atoms with Gasteiger partial charge in [0.25, 0.3) is 11.8 Å². The van der Waals surface area contributed by atoms with Gasteiger partial charge in [-0.3, -0.25) is 14.4 Å². The number of hydrogen-bond acceptors (Lipinski definition) is 7. The van der Waals surface area contributed by atoms with Gasteiger partial charge in [0.1, 0.15) is 11.5 Å². The first-order valence-corrected chi connectivity index (χ1v) is 14.3. The van der Waals surface area contributed by atoms with E-state index in [0.29, 0.717) is 39.2 Å². The SMILES string of the molecule is COc1cccc(/C=C(/NC(=O)c2ccccc2)C(=O)Nc2cccc(SC(C)C(=O)Nc3ccc(Cl)cn3)c2)c1OC. The van der Waals surface area contributed by atoms with Gasteiger partial charge in [0.05, 0.1) is 24.5 Å². The molecule has 0 aliphatic carbocycles. The number of para-hydroxylation sites is 1. The average molecular weight is 617 g/mol. The molecule has 0 aliphatic rings. The van der Waals surface area contributed by atoms with E-state index in [-0.39, 0.29) is 11.6 Å². The zero-order valence-electron chi connectivity index (χ0n) is 23.6. The molecule has 4 rings (SSSR count). The molecule has 1 atom stereocenters. The molecular formula is C32H29ClN4O5S. The van der Waals surface area contributed by atoms with E-state index >= 15 is 0 Å². The molecule has 0 aliphatic heterocycles. The van der Waals surface area contributed by atoms with Crippen molar-refractivity contribution in [2.75, 3.05) is 24.9 Å². The van der Waals surface area contributed by atoms with Crippen molar-refractivity contribution in [2.45, 2.75) is 17.1 Å². The number of thioether (sulfide) groups is 1. The number of ether oxygens (including phenoxy) is 2. The predicted molar refractivity (Wildman–Crippen MR) is 170 cm³/mol. The smallest absolute Gasteiger partial charge is 0.272 e. The second-order valence-corrected chi connectivity index (χ2v) is 10.9. The molecule has 0 spiro atoms. The van der Waals surface area contributed by atoms with Crippen LogP contribution in [0.4, 0.5) is 11.5 Å². The second kappa shape index (κ2) is 14.9. The Morgan fingerprint density at radius 1 is 0.907 bits per heavy atom. The topological polar surface area (TPSA) is 119 Å². The van der Waals surface area contributed by atoms with E-state index in [2.05, 4.69) is 20.9 Å². The summed E-state index contributed by atoms with van der Waals surface area (Å²) in [7, 11) is 3.01. The third kappa shape index (κ3) is 8.60. The molecule has 220 valence electrons. The van der Waals surface area contributed by atoms with Crippen molar-refractivity contribution < 1.29 is 23.9 Å². The first kappa shape index (κ1) is 31.1. The number of nitrogens with zero attached hydrogens (tertiary/aromatic N) is 1. The van der Waals surface area contributed by atoms with Crippen LogP contribution in [0.25, 0.3) is 6.08 Å². The minimum absolute atomic E-state index is 0.0123. The first-order valence-electron chi connectivity index (χ1n) is 13.1. The van der Waals surface area contributed by atoms with Gasteiger partial charge in [-0.25, -0.2) is 4.98 Å². The number of amides is 3. The van der Waals surface area contributed by atoms with Gasteiger partial charge in [0.2, 0.25) is 5.91 Å². The number of anilines is 2. The zero-order valence-corrected chi connectivity index (χ0v) is 25.2. The third-order valence-corrected chi connectivity index (χ3v) is 7.33. The van der Waals surface area contributed by atoms with Gasteiger partial charge >= 0.3 is 0 Å². The van der Waals surface area contributed by atoms with Crippen LogP contribution in [0.5, 0.6) is 11.5 Å². The normalized spacial score (nSPS) is 11.7. The van der Waals surface area contributed by atoms with E-state index in [1.165, 1.54) is 38.3 Å². The minimum atomic E-state index is -0.559. The lowest BCUT2D eigenvalue weighted by atomic mass is 10.1. The van der Waals surface area contributed by atoms with Gasteiger partial charge in [0, 0.05) is 27.9 Å². The molecular weight excluding hydrogens is 588 g/mol. The highest BCUT2D eigenvalue weighted by Crippen LogP contribution is 2.32. The fraction of sp³-hybridized carbons (Fsp3) is 0.125. The Morgan fingerprint density at radius 3 is 2.37 bits per heavy atom. The van der Waals surface area contributed by atoms with Gasteiger partial charge in [-0.1, -0.05) is 48.0 Å². The number of carbonyl (C=O) groups is 3. The lowest BCUT2D eigenvalue weighted by Gasteiger charge is -2.15. The monoisotopic (exact) mass is 616 g/mol. The fourth-order valence-electron chi connectivity index (χ4n) is 3.90. The Bertz CT molecular complexity index is 1630. The molecule has 3 amide bonds. The Hall–Kier alpha value is -4.80. The van der Waals surface area contributed by atoms with E-state index in [0.717, 1.165) is 4.90 Å². The van der Waals surface area contributed by atoms with Crippen molar-refractivity contribution in [1.29, 1.82) is 0 Å². The molecule has 43 heavy (non-hydrogen) atoms. The number of aromatic nitrogens is 1. The van der Waals surface area contributed by atoms with Gasteiger partial charge < -0.3 is 25.4 Å². The highest BCUT2D eigenvalue weighted by Gasteiger charge is 2.19. The van der Waals surface area contributed by atoms with Crippen molar-refractivity contribution in [3.63, 3.8) is 0 Å². The van der Waals surface area contributed by atoms with Gasteiger partial charge in [0.15, 0.2) is 11.5 Å². The van der Waals surface area contributed by atoms with Gasteiger partial charge in [-0.2, -0.15) is 0 Å². The maximum atomic E-state index is 13.6. The predicted octanol–water partition coefficient (Wildman–Crippen LogP) is 6.28. The fourth-order valence-corrected chi connectivity index (χ4v) is 4.94. The van der Waals surface area contributed by atoms with Crippen molar-refractivity contribution in [2.24, 2.45) is 0 Å². The third-order valence-electron chi connectivity index (χ3n) is 6.01. The largest absolute Gasteiger partial charge is 0.493 e. The van der Waals surface area contributed by atoms with E-state index in [1.807, 2.05) is 6.07 Å². The molecule has 4 aromatic rings. The first-order chi connectivity index (χ1) is 20.8. The van der Waals surface area contributed by atoms with Gasteiger partial charge in [-0.05, 0) is 61.5 Å². The zero-order chi connectivity index (χ0) is 30.8. The Labute approximate surface area is 258 Å². The van der Waals surface area contributed by atoms with E-state index in [9.17, 15) is 14.4 Å². The second-order valence-electron chi connectivity index (χ2n) is 9.05. The standard InChI is InChI=1S/C32H29ClN4O5S/c1-20(30(38)37-28-16-15-23(33)19-34-28)43-25-13-8-12-24(18-25)35-32(40)26(36-31(39)21-9-5-4-6-10-21)17-22-11-7-14-27(41-2)29(22)42-3/h4-20H,1-3H3,(H,35,40)(H,36,39)(H,34,37,38)/b26-17+. The van der Waals surface area contributed by atoms with Crippen LogP contribution in [0.3, 0.4) is 0 Å². The summed E-state index contributed by atoms with van der Waals surface area (Å²) in [6.45, 7) is 1.77. The van der Waals surface area contributed by atoms with Crippen LogP contribution in [0.1, 0.15) is 22.8 Å². The summed E-state index contributed by atoms with van der Waals surface area (Å²) < 4.78 is 10.9. The average Bonchev–Trinajstić information content (AvgIpc) is 3.02. The lowest BCUT2D eigenvalue weighted by molar-refractivity contribution is -0.115. The molecule has 0 saturated heterocycles. The van der Waals surface area contributed by atoms with Crippen LogP contribution >= 0.6 is 23.4 Å². The molecule has 1 heterocycles. The highest BCUT2D eigenvalue weighted by molar-refractivity contribution is 8.00. The quantitative estimate of drug-likeness (QED) is 0.134. The summed E-state index contributed by atoms with van der Waals surface area (Å²) >= 11 is 7.17. The molecule has 9 nitrogen and oxygen atoms in total. The number of benzene rings is 3. The molecule has 0 radical (unpaired) electrons. The highest BCUT2D eigenvalue weighted by atomic mass is 35.5. The summed E-state index contributed by atoms with van der Waals surface area (Å²) in [5.74, 6) is 0.0191. The maximum Gasteiger partial charge on any atom is 0.272 e. The molecule has 3 aromatic carbocycles. The van der Waals surface area contributed by atoms with Crippen molar-refractivity contribution >= 4 is 58.7 Å². The van der Waals surface area contributed by atoms with Crippen LogP contribution in [-0.4, -0.2) is 42.2 Å². The Balaban J connectivity index is 1.54. The lowest BCUT2D eigenvalue weighted by Crippen LogP contribution is -2.30. The molecule has 0 fully saturated rings. The van der Waals surface area contributed by atoms with Crippen LogP contribution in [0.2, 0.25) is 5.02 Å². The maximum absolute atomic E-state index is 13.6. The number of pyridine rings is 1. The van der Waals surface area contributed by atoms with Crippen molar-refractivity contribution in [1.82, 2.24) is 10.3 Å². The molecule has 11 heteroatoms. The number of methoxy groups -OCH3 is 2. The van der Waals surface area contributed by atoms with Crippen LogP contribution in [0, 0.1) is 0 Å². The van der Waals surface area contributed by atoms with Crippen LogP contribution in [0.15, 0.2) is 102 Å². The Kier molecular flexibility index (Phi) is 10.8. The van der Waals surface area contributed by atoms with E-state index in [1.54, 1.807) is 85.8 Å². The van der Waals surface area contributed by atoms with E-state index < -0.39 is 17.1 Å². The van der Waals surface area contributed by atoms with Crippen LogP contribution in [-0.2, 0) is 9.59 Å². The number of nitrogens with one attached hydrogen (secondary N) is 3.